The first-order valence-electron chi connectivity index (χ1n) is 8.12. The largest absolute Gasteiger partial charge is 0.493 e. The third-order valence-corrected chi connectivity index (χ3v) is 4.46. The molecule has 0 atom stereocenters. The fourth-order valence-corrected chi connectivity index (χ4v) is 3.29. The number of nitrogens with one attached hydrogen (secondary N) is 1. The lowest BCUT2D eigenvalue weighted by Crippen LogP contribution is -2.17. The highest BCUT2D eigenvalue weighted by Crippen LogP contribution is 2.40. The van der Waals surface area contributed by atoms with Crippen molar-refractivity contribution in [1.82, 2.24) is 0 Å². The molecule has 0 radical (unpaired) electrons. The molecule has 128 valence electrons. The summed E-state index contributed by atoms with van der Waals surface area (Å²) >= 11 is 0. The van der Waals surface area contributed by atoms with Crippen LogP contribution in [-0.2, 0) is 17.6 Å². The maximum atomic E-state index is 13.0. The molecule has 2 aromatic carbocycles. The molecule has 2 heterocycles. The van der Waals surface area contributed by atoms with E-state index in [9.17, 15) is 9.59 Å². The maximum absolute atomic E-state index is 13.0. The Morgan fingerprint density at radius 1 is 1.12 bits per heavy atom. The Kier molecular flexibility index (Phi) is 3.80. The van der Waals surface area contributed by atoms with E-state index in [1.807, 2.05) is 6.07 Å². The summed E-state index contributed by atoms with van der Waals surface area (Å²) in [6.45, 7) is 1.11. The number of anilines is 1. The Bertz CT molecular complexity index is 842. The molecule has 0 fully saturated rings. The average Bonchev–Trinajstić information content (AvgIpc) is 3.27. The van der Waals surface area contributed by atoms with Gasteiger partial charge in [-0.15, -0.1) is 0 Å². The monoisotopic (exact) mass is 339 g/mol. The summed E-state index contributed by atoms with van der Waals surface area (Å²) in [5.74, 6) is 0.559. The first-order chi connectivity index (χ1) is 12.2. The number of fused-ring (bicyclic) bond motifs is 2. The molecule has 2 aliphatic heterocycles. The van der Waals surface area contributed by atoms with E-state index in [-0.39, 0.29) is 5.91 Å². The molecule has 2 aliphatic rings. The third-order valence-electron chi connectivity index (χ3n) is 4.46. The molecule has 2 aromatic rings. The van der Waals surface area contributed by atoms with E-state index in [0.717, 1.165) is 23.3 Å². The van der Waals surface area contributed by atoms with Crippen molar-refractivity contribution in [2.45, 2.75) is 12.8 Å². The van der Waals surface area contributed by atoms with Gasteiger partial charge in [0.15, 0.2) is 0 Å². The number of carbonyl (C=O) groups is 2. The summed E-state index contributed by atoms with van der Waals surface area (Å²) in [5.41, 5.74) is 3.05. The Labute approximate surface area is 144 Å². The number of hydrogen-bond acceptors (Lipinski definition) is 5. The normalized spacial score (nSPS) is 14.1. The van der Waals surface area contributed by atoms with Crippen LogP contribution >= 0.6 is 0 Å². The summed E-state index contributed by atoms with van der Waals surface area (Å²) in [4.78, 5) is 24.9. The molecular formula is C19H17NO5. The first-order valence-corrected chi connectivity index (χ1v) is 8.12. The van der Waals surface area contributed by atoms with Crippen molar-refractivity contribution >= 4 is 17.6 Å². The van der Waals surface area contributed by atoms with Gasteiger partial charge in [-0.3, -0.25) is 4.79 Å². The number of para-hydroxylation sites is 1. The van der Waals surface area contributed by atoms with Crippen molar-refractivity contribution in [3.8, 4) is 11.5 Å². The molecule has 0 unspecified atom stereocenters. The van der Waals surface area contributed by atoms with Gasteiger partial charge in [0.1, 0.15) is 11.5 Å². The van der Waals surface area contributed by atoms with Crippen molar-refractivity contribution in [1.29, 1.82) is 0 Å². The van der Waals surface area contributed by atoms with Gasteiger partial charge in [-0.2, -0.15) is 0 Å². The van der Waals surface area contributed by atoms with E-state index >= 15 is 0 Å². The SMILES string of the molecule is COC(=O)c1ccccc1NC(=O)c1c2c(cc3c1OCC3)OCC2. The lowest BCUT2D eigenvalue weighted by atomic mass is 9.98. The fourth-order valence-electron chi connectivity index (χ4n) is 3.29. The second kappa shape index (κ2) is 6.12. The Morgan fingerprint density at radius 2 is 1.92 bits per heavy atom. The van der Waals surface area contributed by atoms with Gasteiger partial charge in [-0.1, -0.05) is 12.1 Å². The fraction of sp³-hybridized carbons (Fsp3) is 0.263. The molecule has 0 spiro atoms. The van der Waals surface area contributed by atoms with E-state index in [1.54, 1.807) is 24.3 Å². The molecule has 0 bridgehead atoms. The molecule has 6 heteroatoms. The minimum atomic E-state index is -0.501. The highest BCUT2D eigenvalue weighted by molar-refractivity contribution is 6.11. The summed E-state index contributed by atoms with van der Waals surface area (Å²) in [6, 6.07) is 8.72. The standard InChI is InChI=1S/C19H17NO5/c1-23-19(22)12-4-2-3-5-14(12)20-18(21)16-13-7-9-24-15(13)10-11-6-8-25-17(11)16/h2-5,10H,6-9H2,1H3,(H,20,21). The zero-order valence-electron chi connectivity index (χ0n) is 13.8. The summed E-state index contributed by atoms with van der Waals surface area (Å²) < 4.78 is 16.1. The smallest absolute Gasteiger partial charge is 0.339 e. The highest BCUT2D eigenvalue weighted by atomic mass is 16.5. The third kappa shape index (κ3) is 2.59. The molecular weight excluding hydrogens is 322 g/mol. The number of carbonyl (C=O) groups excluding carboxylic acids is 2. The van der Waals surface area contributed by atoms with Crippen molar-refractivity contribution in [3.63, 3.8) is 0 Å². The summed E-state index contributed by atoms with van der Waals surface area (Å²) in [5, 5.41) is 2.83. The van der Waals surface area contributed by atoms with E-state index < -0.39 is 5.97 Å². The van der Waals surface area contributed by atoms with Gasteiger partial charge in [-0.25, -0.2) is 4.79 Å². The lowest BCUT2D eigenvalue weighted by molar-refractivity contribution is 0.0602. The van der Waals surface area contributed by atoms with Gasteiger partial charge in [0.2, 0.25) is 0 Å². The van der Waals surface area contributed by atoms with Crippen LogP contribution in [0.3, 0.4) is 0 Å². The molecule has 0 aromatic heterocycles. The van der Waals surface area contributed by atoms with Crippen molar-refractivity contribution in [2.75, 3.05) is 25.6 Å². The molecule has 1 N–H and O–H groups in total. The molecule has 25 heavy (non-hydrogen) atoms. The molecule has 1 amide bonds. The second-order valence-corrected chi connectivity index (χ2v) is 5.90. The van der Waals surface area contributed by atoms with Gasteiger partial charge < -0.3 is 19.5 Å². The quantitative estimate of drug-likeness (QED) is 0.870. The van der Waals surface area contributed by atoms with Gasteiger partial charge in [-0.05, 0) is 18.2 Å². The van der Waals surface area contributed by atoms with E-state index in [4.69, 9.17) is 14.2 Å². The maximum Gasteiger partial charge on any atom is 0.339 e. The number of hydrogen-bond donors (Lipinski definition) is 1. The van der Waals surface area contributed by atoms with Gasteiger partial charge in [0.25, 0.3) is 5.91 Å². The van der Waals surface area contributed by atoms with Crippen LogP contribution < -0.4 is 14.8 Å². The lowest BCUT2D eigenvalue weighted by Gasteiger charge is -2.14. The van der Waals surface area contributed by atoms with Crippen molar-refractivity contribution in [3.05, 3.63) is 52.6 Å². The molecule has 6 nitrogen and oxygen atoms in total. The van der Waals surface area contributed by atoms with Gasteiger partial charge in [0, 0.05) is 24.0 Å². The zero-order chi connectivity index (χ0) is 17.4. The minimum absolute atomic E-state index is 0.305. The molecule has 0 saturated heterocycles. The average molecular weight is 339 g/mol. The predicted molar refractivity (Wildman–Crippen MR) is 90.6 cm³/mol. The number of methoxy groups -OCH3 is 1. The van der Waals surface area contributed by atoms with Crippen LogP contribution in [0.25, 0.3) is 0 Å². The van der Waals surface area contributed by atoms with Crippen molar-refractivity contribution in [2.24, 2.45) is 0 Å². The van der Waals surface area contributed by atoms with Crippen LogP contribution in [0.15, 0.2) is 30.3 Å². The Morgan fingerprint density at radius 3 is 2.76 bits per heavy atom. The Hall–Kier alpha value is -3.02. The van der Waals surface area contributed by atoms with Crippen LogP contribution in [0, 0.1) is 0 Å². The minimum Gasteiger partial charge on any atom is -0.493 e. The van der Waals surface area contributed by atoms with Crippen LogP contribution in [0.1, 0.15) is 31.8 Å². The Balaban J connectivity index is 1.73. The number of benzene rings is 2. The second-order valence-electron chi connectivity index (χ2n) is 5.90. The van der Waals surface area contributed by atoms with E-state index in [1.165, 1.54) is 7.11 Å². The molecule has 0 aliphatic carbocycles. The van der Waals surface area contributed by atoms with Crippen LogP contribution in [0.4, 0.5) is 5.69 Å². The number of ether oxygens (including phenoxy) is 3. The van der Waals surface area contributed by atoms with Crippen LogP contribution in [-0.4, -0.2) is 32.2 Å². The number of esters is 1. The molecule has 4 rings (SSSR count). The summed E-state index contributed by atoms with van der Waals surface area (Å²) in [6.07, 6.45) is 1.42. The van der Waals surface area contributed by atoms with Gasteiger partial charge >= 0.3 is 5.97 Å². The summed E-state index contributed by atoms with van der Waals surface area (Å²) in [7, 11) is 1.31. The van der Waals surface area contributed by atoms with Crippen molar-refractivity contribution < 1.29 is 23.8 Å². The topological polar surface area (TPSA) is 73.9 Å². The number of rotatable bonds is 3. The predicted octanol–water partition coefficient (Wildman–Crippen LogP) is 2.60. The van der Waals surface area contributed by atoms with E-state index in [2.05, 4.69) is 5.32 Å². The number of amides is 1. The van der Waals surface area contributed by atoms with Crippen LogP contribution in [0.5, 0.6) is 11.5 Å². The van der Waals surface area contributed by atoms with Crippen LogP contribution in [0.2, 0.25) is 0 Å². The molecule has 0 saturated carbocycles. The van der Waals surface area contributed by atoms with E-state index in [0.29, 0.717) is 42.2 Å². The highest BCUT2D eigenvalue weighted by Gasteiger charge is 2.30. The van der Waals surface area contributed by atoms with Gasteiger partial charge in [0.05, 0.1) is 37.1 Å². The zero-order valence-corrected chi connectivity index (χ0v) is 13.8. The first kappa shape index (κ1) is 15.5.